The quantitative estimate of drug-likeness (QED) is 0.282. The highest BCUT2D eigenvalue weighted by Crippen LogP contribution is 2.34. The second kappa shape index (κ2) is 8.19. The lowest BCUT2D eigenvalue weighted by Crippen LogP contribution is -2.54. The van der Waals surface area contributed by atoms with Gasteiger partial charge in [0.05, 0.1) is 29.4 Å². The van der Waals surface area contributed by atoms with Gasteiger partial charge in [-0.25, -0.2) is 9.69 Å². The maximum atomic E-state index is 12.9. The van der Waals surface area contributed by atoms with Crippen molar-refractivity contribution in [1.82, 2.24) is 5.32 Å². The van der Waals surface area contributed by atoms with E-state index in [1.165, 1.54) is 37.5 Å². The number of ether oxygens (including phenoxy) is 1. The summed E-state index contributed by atoms with van der Waals surface area (Å²) in [6.07, 6.45) is 1.18. The molecule has 32 heavy (non-hydrogen) atoms. The zero-order chi connectivity index (χ0) is 22.8. The van der Waals surface area contributed by atoms with Crippen LogP contribution in [0.2, 0.25) is 0 Å². The number of urea groups is 1. The standard InChI is InChI=1S/C22H15N3O7/c1-31-14-7-9-16(18(12-14)25(29)30)19-10-8-15(32-19)11-17-20(26)23-22(28)24(21(17)27)13-5-3-2-4-6-13/h2-12H,1H3,(H,23,26,28)/b17-11+. The molecule has 0 aliphatic carbocycles. The van der Waals surface area contributed by atoms with Crippen molar-refractivity contribution in [2.75, 3.05) is 12.0 Å². The molecule has 0 spiro atoms. The van der Waals surface area contributed by atoms with E-state index in [1.54, 1.807) is 36.4 Å². The smallest absolute Gasteiger partial charge is 0.335 e. The second-order valence-corrected chi connectivity index (χ2v) is 6.64. The van der Waals surface area contributed by atoms with Crippen molar-refractivity contribution >= 4 is 35.3 Å². The van der Waals surface area contributed by atoms with Crippen molar-refractivity contribution in [1.29, 1.82) is 0 Å². The lowest BCUT2D eigenvalue weighted by atomic mass is 10.1. The van der Waals surface area contributed by atoms with E-state index in [9.17, 15) is 24.5 Å². The first kappa shape index (κ1) is 20.5. The molecule has 0 bridgehead atoms. The van der Waals surface area contributed by atoms with E-state index in [4.69, 9.17) is 9.15 Å². The van der Waals surface area contributed by atoms with Crippen LogP contribution in [0.1, 0.15) is 5.76 Å². The molecule has 10 nitrogen and oxygen atoms in total. The molecule has 160 valence electrons. The average Bonchev–Trinajstić information content (AvgIpc) is 3.25. The number of nitrogens with one attached hydrogen (secondary N) is 1. The van der Waals surface area contributed by atoms with Gasteiger partial charge in [0.25, 0.3) is 17.5 Å². The maximum Gasteiger partial charge on any atom is 0.335 e. The Kier molecular flexibility index (Phi) is 5.25. The molecule has 0 unspecified atom stereocenters. The number of amides is 4. The number of nitrogens with zero attached hydrogens (tertiary/aromatic N) is 2. The summed E-state index contributed by atoms with van der Waals surface area (Å²) >= 11 is 0. The molecule has 1 aromatic heterocycles. The van der Waals surface area contributed by atoms with E-state index in [0.717, 1.165) is 4.90 Å². The monoisotopic (exact) mass is 433 g/mol. The molecule has 10 heteroatoms. The summed E-state index contributed by atoms with van der Waals surface area (Å²) in [7, 11) is 1.39. The van der Waals surface area contributed by atoms with Crippen LogP contribution < -0.4 is 15.0 Å². The molecule has 4 amide bonds. The summed E-state index contributed by atoms with van der Waals surface area (Å²) in [4.78, 5) is 49.1. The van der Waals surface area contributed by atoms with Gasteiger partial charge in [0, 0.05) is 0 Å². The molecular weight excluding hydrogens is 418 g/mol. The first-order chi connectivity index (χ1) is 15.4. The van der Waals surface area contributed by atoms with Gasteiger partial charge in [0.2, 0.25) is 0 Å². The number of carbonyl (C=O) groups is 3. The van der Waals surface area contributed by atoms with Gasteiger partial charge in [0.1, 0.15) is 22.8 Å². The molecule has 4 rings (SSSR count). The van der Waals surface area contributed by atoms with Crippen molar-refractivity contribution in [2.45, 2.75) is 0 Å². The number of para-hydroxylation sites is 1. The highest BCUT2D eigenvalue weighted by molar-refractivity contribution is 6.39. The van der Waals surface area contributed by atoms with Crippen LogP contribution in [-0.4, -0.2) is 29.9 Å². The minimum atomic E-state index is -0.874. The predicted octanol–water partition coefficient (Wildman–Crippen LogP) is 3.53. The molecule has 1 N–H and O–H groups in total. The molecule has 3 aromatic rings. The summed E-state index contributed by atoms with van der Waals surface area (Å²) in [6, 6.07) is 14.5. The SMILES string of the molecule is COc1ccc(-c2ccc(/C=C3\C(=O)NC(=O)N(c4ccccc4)C3=O)o2)c([N+](=O)[O-])c1. The Balaban J connectivity index is 1.70. The van der Waals surface area contributed by atoms with Gasteiger partial charge < -0.3 is 9.15 Å². The molecule has 1 aliphatic heterocycles. The van der Waals surface area contributed by atoms with E-state index in [1.807, 2.05) is 0 Å². The molecule has 1 fully saturated rings. The number of hydrogen-bond acceptors (Lipinski definition) is 7. The van der Waals surface area contributed by atoms with Crippen molar-refractivity contribution in [2.24, 2.45) is 0 Å². The van der Waals surface area contributed by atoms with Crippen LogP contribution >= 0.6 is 0 Å². The molecular formula is C22H15N3O7. The number of hydrogen-bond donors (Lipinski definition) is 1. The lowest BCUT2D eigenvalue weighted by Gasteiger charge is -2.26. The second-order valence-electron chi connectivity index (χ2n) is 6.64. The number of rotatable bonds is 5. The summed E-state index contributed by atoms with van der Waals surface area (Å²) in [5.41, 5.74) is -0.0628. The van der Waals surface area contributed by atoms with Crippen LogP contribution in [0.4, 0.5) is 16.2 Å². The molecule has 0 saturated carbocycles. The van der Waals surface area contributed by atoms with E-state index < -0.39 is 22.8 Å². The Hall–Kier alpha value is -4.73. The van der Waals surface area contributed by atoms with Gasteiger partial charge >= 0.3 is 6.03 Å². The fourth-order valence-electron chi connectivity index (χ4n) is 3.18. The third-order valence-electron chi connectivity index (χ3n) is 4.70. The molecule has 0 radical (unpaired) electrons. The Bertz CT molecular complexity index is 1280. The number of benzene rings is 2. The minimum absolute atomic E-state index is 0.103. The zero-order valence-electron chi connectivity index (χ0n) is 16.6. The first-order valence-corrected chi connectivity index (χ1v) is 9.28. The number of carbonyl (C=O) groups excluding carboxylic acids is 3. The van der Waals surface area contributed by atoms with E-state index in [2.05, 4.69) is 5.32 Å². The number of anilines is 1. The van der Waals surface area contributed by atoms with Gasteiger partial charge in [-0.05, 0) is 42.5 Å². The number of nitro benzene ring substituents is 1. The van der Waals surface area contributed by atoms with Gasteiger partial charge in [-0.2, -0.15) is 0 Å². The topological polar surface area (TPSA) is 132 Å². The minimum Gasteiger partial charge on any atom is -0.497 e. The number of methoxy groups -OCH3 is 1. The van der Waals surface area contributed by atoms with E-state index >= 15 is 0 Å². The van der Waals surface area contributed by atoms with E-state index in [-0.39, 0.29) is 28.3 Å². The summed E-state index contributed by atoms with van der Waals surface area (Å²) in [6.45, 7) is 0. The van der Waals surface area contributed by atoms with Crippen LogP contribution in [-0.2, 0) is 9.59 Å². The fourth-order valence-corrected chi connectivity index (χ4v) is 3.18. The Labute approximate surface area is 180 Å². The normalized spacial score (nSPS) is 15.1. The lowest BCUT2D eigenvalue weighted by molar-refractivity contribution is -0.384. The average molecular weight is 433 g/mol. The summed E-state index contributed by atoms with van der Waals surface area (Å²) < 4.78 is 10.7. The highest BCUT2D eigenvalue weighted by Gasteiger charge is 2.37. The number of barbiturate groups is 1. The summed E-state index contributed by atoms with van der Waals surface area (Å²) in [5, 5.41) is 13.6. The molecule has 2 aromatic carbocycles. The first-order valence-electron chi connectivity index (χ1n) is 9.28. The number of nitro groups is 1. The Morgan fingerprint density at radius 2 is 1.81 bits per heavy atom. The molecule has 1 saturated heterocycles. The van der Waals surface area contributed by atoms with Crippen LogP contribution in [0.5, 0.6) is 5.75 Å². The number of imide groups is 2. The van der Waals surface area contributed by atoms with Gasteiger partial charge in [0.15, 0.2) is 0 Å². The largest absolute Gasteiger partial charge is 0.497 e. The van der Waals surface area contributed by atoms with Gasteiger partial charge in [-0.15, -0.1) is 0 Å². The van der Waals surface area contributed by atoms with Crippen molar-refractivity contribution in [3.8, 4) is 17.1 Å². The van der Waals surface area contributed by atoms with Gasteiger partial charge in [-0.1, -0.05) is 18.2 Å². The van der Waals surface area contributed by atoms with Crippen LogP contribution in [0, 0.1) is 10.1 Å². The predicted molar refractivity (Wildman–Crippen MR) is 113 cm³/mol. The molecule has 2 heterocycles. The van der Waals surface area contributed by atoms with Crippen molar-refractivity contribution < 1.29 is 28.5 Å². The fraction of sp³-hybridized carbons (Fsp3) is 0.0455. The zero-order valence-corrected chi connectivity index (χ0v) is 16.6. The van der Waals surface area contributed by atoms with E-state index in [0.29, 0.717) is 11.4 Å². The van der Waals surface area contributed by atoms with Gasteiger partial charge in [-0.3, -0.25) is 25.0 Å². The highest BCUT2D eigenvalue weighted by atomic mass is 16.6. The maximum absolute atomic E-state index is 12.9. The molecule has 0 atom stereocenters. The number of furan rings is 1. The Morgan fingerprint density at radius 1 is 1.06 bits per heavy atom. The third-order valence-corrected chi connectivity index (χ3v) is 4.70. The third kappa shape index (κ3) is 3.72. The van der Waals surface area contributed by atoms with Crippen LogP contribution in [0.25, 0.3) is 17.4 Å². The van der Waals surface area contributed by atoms with Crippen molar-refractivity contribution in [3.05, 3.63) is 82.1 Å². The summed E-state index contributed by atoms with van der Waals surface area (Å²) in [5.74, 6) is -1.12. The Morgan fingerprint density at radius 3 is 2.50 bits per heavy atom. The van der Waals surface area contributed by atoms with Crippen LogP contribution in [0.15, 0.2) is 70.7 Å². The van der Waals surface area contributed by atoms with Crippen LogP contribution in [0.3, 0.4) is 0 Å². The van der Waals surface area contributed by atoms with Crippen molar-refractivity contribution in [3.63, 3.8) is 0 Å². The molecule has 1 aliphatic rings.